The Balaban J connectivity index is 1.70. The summed E-state index contributed by atoms with van der Waals surface area (Å²) in [4.78, 5) is 0. The number of hydrogen-bond donors (Lipinski definition) is 1. The van der Waals surface area contributed by atoms with Gasteiger partial charge in [0.2, 0.25) is 0 Å². The second-order valence-corrected chi connectivity index (χ2v) is 5.16. The van der Waals surface area contributed by atoms with E-state index in [1.54, 1.807) is 7.11 Å². The summed E-state index contributed by atoms with van der Waals surface area (Å²) in [6.07, 6.45) is 5.36. The molecule has 1 aromatic rings. The molecule has 1 aromatic carbocycles. The molecule has 1 aliphatic heterocycles. The van der Waals surface area contributed by atoms with Gasteiger partial charge in [0.05, 0.1) is 12.7 Å². The van der Waals surface area contributed by atoms with Gasteiger partial charge < -0.3 is 14.8 Å². The van der Waals surface area contributed by atoms with E-state index in [-0.39, 0.29) is 0 Å². The van der Waals surface area contributed by atoms with Gasteiger partial charge in [0, 0.05) is 20.3 Å². The van der Waals surface area contributed by atoms with Crippen molar-refractivity contribution in [3.8, 4) is 0 Å². The molecular formula is C16H25NO2. The van der Waals surface area contributed by atoms with E-state index < -0.39 is 0 Å². The molecule has 0 saturated carbocycles. The highest BCUT2D eigenvalue weighted by molar-refractivity contribution is 5.26. The van der Waals surface area contributed by atoms with Gasteiger partial charge in [-0.25, -0.2) is 0 Å². The summed E-state index contributed by atoms with van der Waals surface area (Å²) in [5, 5.41) is 3.51. The number of methoxy groups -OCH3 is 1. The van der Waals surface area contributed by atoms with Gasteiger partial charge in [-0.05, 0) is 43.4 Å². The van der Waals surface area contributed by atoms with Crippen LogP contribution in [0.2, 0.25) is 0 Å². The molecule has 0 bridgehead atoms. The third-order valence-electron chi connectivity index (χ3n) is 3.65. The molecule has 19 heavy (non-hydrogen) atoms. The van der Waals surface area contributed by atoms with Crippen LogP contribution in [0, 0.1) is 0 Å². The molecule has 1 atom stereocenters. The number of nitrogens with one attached hydrogen (secondary N) is 1. The van der Waals surface area contributed by atoms with Crippen molar-refractivity contribution in [3.05, 3.63) is 35.4 Å². The van der Waals surface area contributed by atoms with Crippen molar-refractivity contribution in [2.45, 2.75) is 44.9 Å². The Morgan fingerprint density at radius 1 is 1.26 bits per heavy atom. The lowest BCUT2D eigenvalue weighted by Gasteiger charge is -2.22. The second kappa shape index (κ2) is 8.31. The Bertz CT molecular complexity index is 362. The monoisotopic (exact) mass is 263 g/mol. The molecular weight excluding hydrogens is 238 g/mol. The van der Waals surface area contributed by atoms with E-state index in [1.165, 1.54) is 30.4 Å². The van der Waals surface area contributed by atoms with Gasteiger partial charge in [-0.2, -0.15) is 0 Å². The molecule has 1 fully saturated rings. The smallest absolute Gasteiger partial charge is 0.0716 e. The molecule has 3 nitrogen and oxygen atoms in total. The molecule has 2 rings (SSSR count). The first-order chi connectivity index (χ1) is 9.40. The van der Waals surface area contributed by atoms with E-state index in [1.807, 2.05) is 0 Å². The highest BCUT2D eigenvalue weighted by atomic mass is 16.5. The van der Waals surface area contributed by atoms with Crippen molar-refractivity contribution in [2.24, 2.45) is 0 Å². The summed E-state index contributed by atoms with van der Waals surface area (Å²) in [5.74, 6) is 0. The Labute approximate surface area is 116 Å². The van der Waals surface area contributed by atoms with E-state index in [0.717, 1.165) is 26.1 Å². The average molecular weight is 263 g/mol. The van der Waals surface area contributed by atoms with E-state index in [0.29, 0.717) is 12.7 Å². The van der Waals surface area contributed by atoms with Crippen LogP contribution < -0.4 is 5.32 Å². The van der Waals surface area contributed by atoms with Gasteiger partial charge in [0.1, 0.15) is 0 Å². The third-order valence-corrected chi connectivity index (χ3v) is 3.65. The van der Waals surface area contributed by atoms with Crippen molar-refractivity contribution in [1.29, 1.82) is 0 Å². The lowest BCUT2D eigenvalue weighted by Crippen LogP contribution is -2.25. The number of ether oxygens (including phenoxy) is 2. The molecule has 1 N–H and O–H groups in total. The molecule has 0 amide bonds. The lowest BCUT2D eigenvalue weighted by molar-refractivity contribution is 0.0115. The van der Waals surface area contributed by atoms with Crippen LogP contribution in [0.5, 0.6) is 0 Å². The molecule has 1 unspecified atom stereocenters. The first kappa shape index (κ1) is 14.5. The van der Waals surface area contributed by atoms with Gasteiger partial charge in [-0.3, -0.25) is 0 Å². The summed E-state index contributed by atoms with van der Waals surface area (Å²) in [6.45, 7) is 3.56. The molecule has 1 aliphatic rings. The zero-order chi connectivity index (χ0) is 13.3. The quantitative estimate of drug-likeness (QED) is 0.767. The molecule has 0 radical (unpaired) electrons. The fourth-order valence-corrected chi connectivity index (χ4v) is 2.55. The minimum Gasteiger partial charge on any atom is -0.380 e. The van der Waals surface area contributed by atoms with Gasteiger partial charge >= 0.3 is 0 Å². The van der Waals surface area contributed by atoms with Crippen molar-refractivity contribution in [2.75, 3.05) is 20.3 Å². The van der Waals surface area contributed by atoms with Gasteiger partial charge in [-0.1, -0.05) is 24.3 Å². The van der Waals surface area contributed by atoms with Crippen molar-refractivity contribution >= 4 is 0 Å². The van der Waals surface area contributed by atoms with Crippen LogP contribution in [-0.4, -0.2) is 26.4 Å². The maximum Gasteiger partial charge on any atom is 0.0716 e. The van der Waals surface area contributed by atoms with Crippen LogP contribution in [0.15, 0.2) is 24.3 Å². The summed E-state index contributed by atoms with van der Waals surface area (Å²) in [7, 11) is 1.74. The van der Waals surface area contributed by atoms with Crippen molar-refractivity contribution in [1.82, 2.24) is 5.32 Å². The van der Waals surface area contributed by atoms with Gasteiger partial charge in [-0.15, -0.1) is 0 Å². The standard InChI is InChI=1S/C16H25NO2/c1-18-13-15-7-3-2-6-14(15)12-17-10-9-16-8-4-5-11-19-16/h2-3,6-7,16-17H,4-5,8-13H2,1H3. The second-order valence-electron chi connectivity index (χ2n) is 5.16. The van der Waals surface area contributed by atoms with Crippen LogP contribution in [0.3, 0.4) is 0 Å². The first-order valence-electron chi connectivity index (χ1n) is 7.28. The molecule has 1 heterocycles. The summed E-state index contributed by atoms with van der Waals surface area (Å²) >= 11 is 0. The van der Waals surface area contributed by atoms with Crippen LogP contribution in [0.4, 0.5) is 0 Å². The van der Waals surface area contributed by atoms with E-state index in [4.69, 9.17) is 9.47 Å². The SMILES string of the molecule is COCc1ccccc1CNCCC1CCCCO1. The van der Waals surface area contributed by atoms with Crippen LogP contribution in [0.25, 0.3) is 0 Å². The van der Waals surface area contributed by atoms with Gasteiger partial charge in [0.15, 0.2) is 0 Å². The Morgan fingerprint density at radius 2 is 2.11 bits per heavy atom. The summed E-state index contributed by atoms with van der Waals surface area (Å²) < 4.78 is 11.0. The highest BCUT2D eigenvalue weighted by Gasteiger charge is 2.12. The maximum absolute atomic E-state index is 5.73. The van der Waals surface area contributed by atoms with E-state index >= 15 is 0 Å². The summed E-state index contributed by atoms with van der Waals surface area (Å²) in [5.41, 5.74) is 2.60. The van der Waals surface area contributed by atoms with Crippen LogP contribution >= 0.6 is 0 Å². The first-order valence-corrected chi connectivity index (χ1v) is 7.28. The molecule has 0 spiro atoms. The van der Waals surface area contributed by atoms with E-state index in [2.05, 4.69) is 29.6 Å². The Hall–Kier alpha value is -0.900. The zero-order valence-electron chi connectivity index (χ0n) is 11.9. The largest absolute Gasteiger partial charge is 0.380 e. The number of rotatable bonds is 7. The average Bonchev–Trinajstić information content (AvgIpc) is 2.47. The number of hydrogen-bond acceptors (Lipinski definition) is 3. The normalized spacial score (nSPS) is 19.5. The fourth-order valence-electron chi connectivity index (χ4n) is 2.55. The lowest BCUT2D eigenvalue weighted by atomic mass is 10.1. The topological polar surface area (TPSA) is 30.5 Å². The van der Waals surface area contributed by atoms with Crippen LogP contribution in [0.1, 0.15) is 36.8 Å². The highest BCUT2D eigenvalue weighted by Crippen LogP contribution is 2.15. The predicted octanol–water partition coefficient (Wildman–Crippen LogP) is 2.88. The predicted molar refractivity (Wildman–Crippen MR) is 77.1 cm³/mol. The number of benzene rings is 1. The van der Waals surface area contributed by atoms with Crippen molar-refractivity contribution in [3.63, 3.8) is 0 Å². The van der Waals surface area contributed by atoms with E-state index in [9.17, 15) is 0 Å². The zero-order valence-corrected chi connectivity index (χ0v) is 11.9. The molecule has 106 valence electrons. The summed E-state index contributed by atoms with van der Waals surface area (Å²) in [6, 6.07) is 8.44. The Morgan fingerprint density at radius 3 is 2.84 bits per heavy atom. The minimum atomic E-state index is 0.468. The minimum absolute atomic E-state index is 0.468. The molecule has 0 aromatic heterocycles. The third kappa shape index (κ3) is 4.94. The molecule has 0 aliphatic carbocycles. The molecule has 3 heteroatoms. The Kier molecular flexibility index (Phi) is 6.34. The van der Waals surface area contributed by atoms with Crippen molar-refractivity contribution < 1.29 is 9.47 Å². The van der Waals surface area contributed by atoms with Crippen LogP contribution in [-0.2, 0) is 22.6 Å². The van der Waals surface area contributed by atoms with Gasteiger partial charge in [0.25, 0.3) is 0 Å². The maximum atomic E-state index is 5.73. The molecule has 1 saturated heterocycles. The fraction of sp³-hybridized carbons (Fsp3) is 0.625.